The molecule has 4 saturated carbocycles. The average molecular weight is 407 g/mol. The molecule has 0 bridgehead atoms. The summed E-state index contributed by atoms with van der Waals surface area (Å²) in [6.45, 7) is 12.7. The SMILES string of the molecule is CC(C)CCC[C@@H](C)[C@H]1CC[C@H]2[C@@H]3CCC4(Cl)CCCC[C@]4(C)[C@H]3CC[C@]12C. The van der Waals surface area contributed by atoms with Gasteiger partial charge in [-0.1, -0.05) is 66.7 Å². The Hall–Kier alpha value is 0.290. The van der Waals surface area contributed by atoms with Crippen molar-refractivity contribution in [3.05, 3.63) is 0 Å². The smallest absolute Gasteiger partial charge is 0.0503 e. The molecule has 0 spiro atoms. The molecule has 0 radical (unpaired) electrons. The zero-order valence-corrected chi connectivity index (χ0v) is 20.3. The normalized spacial score (nSPS) is 49.4. The van der Waals surface area contributed by atoms with Crippen LogP contribution in [-0.2, 0) is 0 Å². The Labute approximate surface area is 181 Å². The van der Waals surface area contributed by atoms with Gasteiger partial charge in [0.25, 0.3) is 0 Å². The van der Waals surface area contributed by atoms with Crippen LogP contribution in [0, 0.1) is 46.3 Å². The fraction of sp³-hybridized carbons (Fsp3) is 1.00. The Kier molecular flexibility index (Phi) is 5.97. The minimum Gasteiger partial charge on any atom is -0.119 e. The fourth-order valence-corrected chi connectivity index (χ4v) is 9.71. The van der Waals surface area contributed by atoms with Crippen LogP contribution in [0.5, 0.6) is 0 Å². The summed E-state index contributed by atoms with van der Waals surface area (Å²) in [5.74, 6) is 5.64. The van der Waals surface area contributed by atoms with E-state index in [0.717, 1.165) is 35.5 Å². The molecule has 162 valence electrons. The van der Waals surface area contributed by atoms with E-state index in [1.165, 1.54) is 83.5 Å². The van der Waals surface area contributed by atoms with Crippen molar-refractivity contribution in [3.8, 4) is 0 Å². The lowest BCUT2D eigenvalue weighted by Gasteiger charge is -2.63. The second-order valence-corrected chi connectivity index (χ2v) is 13.3. The Morgan fingerprint density at radius 2 is 1.57 bits per heavy atom. The first-order valence-corrected chi connectivity index (χ1v) is 13.3. The summed E-state index contributed by atoms with van der Waals surface area (Å²) >= 11 is 7.38. The lowest BCUT2D eigenvalue weighted by molar-refractivity contribution is -0.104. The van der Waals surface area contributed by atoms with Gasteiger partial charge >= 0.3 is 0 Å². The number of fused-ring (bicyclic) bond motifs is 5. The molecule has 1 unspecified atom stereocenters. The summed E-state index contributed by atoms with van der Waals surface area (Å²) < 4.78 is 0. The zero-order valence-electron chi connectivity index (χ0n) is 19.5. The maximum absolute atomic E-state index is 7.38. The van der Waals surface area contributed by atoms with Gasteiger partial charge in [0, 0.05) is 0 Å². The minimum atomic E-state index is 0.127. The molecule has 1 heteroatoms. The van der Waals surface area contributed by atoms with Crippen LogP contribution in [-0.4, -0.2) is 4.87 Å². The summed E-state index contributed by atoms with van der Waals surface area (Å²) in [4.78, 5) is 0.127. The van der Waals surface area contributed by atoms with Gasteiger partial charge in [0.15, 0.2) is 0 Å². The highest BCUT2D eigenvalue weighted by Gasteiger charge is 2.63. The third kappa shape index (κ3) is 3.31. The van der Waals surface area contributed by atoms with Crippen molar-refractivity contribution in [1.82, 2.24) is 0 Å². The summed E-state index contributed by atoms with van der Waals surface area (Å²) in [5.41, 5.74) is 1.04. The molecule has 0 saturated heterocycles. The van der Waals surface area contributed by atoms with Crippen LogP contribution in [0.3, 0.4) is 0 Å². The van der Waals surface area contributed by atoms with Crippen LogP contribution in [0.15, 0.2) is 0 Å². The van der Waals surface area contributed by atoms with E-state index in [-0.39, 0.29) is 4.87 Å². The third-order valence-electron chi connectivity index (χ3n) is 10.9. The molecular formula is C27H47Cl. The molecule has 0 aliphatic heterocycles. The predicted molar refractivity (Wildman–Crippen MR) is 123 cm³/mol. The van der Waals surface area contributed by atoms with Crippen molar-refractivity contribution in [2.45, 2.75) is 123 Å². The molecule has 4 aliphatic carbocycles. The van der Waals surface area contributed by atoms with E-state index in [1.807, 2.05) is 0 Å². The molecule has 0 aromatic heterocycles. The van der Waals surface area contributed by atoms with E-state index < -0.39 is 0 Å². The molecule has 0 amide bonds. The predicted octanol–water partition coefficient (Wildman–Crippen LogP) is 8.86. The van der Waals surface area contributed by atoms with E-state index in [9.17, 15) is 0 Å². The lowest BCUT2D eigenvalue weighted by Crippen LogP contribution is -2.59. The van der Waals surface area contributed by atoms with Crippen molar-refractivity contribution in [2.24, 2.45) is 46.3 Å². The summed E-state index contributed by atoms with van der Waals surface area (Å²) in [6, 6.07) is 0. The van der Waals surface area contributed by atoms with Crippen molar-refractivity contribution in [2.75, 3.05) is 0 Å². The van der Waals surface area contributed by atoms with Gasteiger partial charge < -0.3 is 0 Å². The Bertz CT molecular complexity index is 554. The van der Waals surface area contributed by atoms with E-state index in [4.69, 9.17) is 11.6 Å². The van der Waals surface area contributed by atoms with Crippen LogP contribution in [0.25, 0.3) is 0 Å². The molecule has 0 aromatic carbocycles. The van der Waals surface area contributed by atoms with Crippen LogP contribution in [0.2, 0.25) is 0 Å². The van der Waals surface area contributed by atoms with Gasteiger partial charge in [0.05, 0.1) is 4.87 Å². The highest BCUT2D eigenvalue weighted by molar-refractivity contribution is 6.24. The number of hydrogen-bond acceptors (Lipinski definition) is 0. The molecule has 8 atom stereocenters. The maximum Gasteiger partial charge on any atom is 0.0503 e. The van der Waals surface area contributed by atoms with E-state index >= 15 is 0 Å². The van der Waals surface area contributed by atoms with Gasteiger partial charge in [-0.2, -0.15) is 0 Å². The first-order valence-electron chi connectivity index (χ1n) is 12.9. The molecule has 4 fully saturated rings. The summed E-state index contributed by atoms with van der Waals surface area (Å²) in [7, 11) is 0. The van der Waals surface area contributed by atoms with Crippen molar-refractivity contribution in [1.29, 1.82) is 0 Å². The molecule has 0 aromatic rings. The van der Waals surface area contributed by atoms with Crippen molar-refractivity contribution in [3.63, 3.8) is 0 Å². The molecule has 0 N–H and O–H groups in total. The van der Waals surface area contributed by atoms with Crippen molar-refractivity contribution >= 4 is 11.6 Å². The van der Waals surface area contributed by atoms with Crippen molar-refractivity contribution < 1.29 is 0 Å². The molecule has 28 heavy (non-hydrogen) atoms. The quantitative estimate of drug-likeness (QED) is 0.400. The van der Waals surface area contributed by atoms with E-state index in [2.05, 4.69) is 34.6 Å². The van der Waals surface area contributed by atoms with Gasteiger partial charge in [0.2, 0.25) is 0 Å². The average Bonchev–Trinajstić information content (AvgIpc) is 2.99. The number of rotatable bonds is 5. The van der Waals surface area contributed by atoms with Crippen LogP contribution in [0.1, 0.15) is 118 Å². The van der Waals surface area contributed by atoms with Gasteiger partial charge in [-0.15, -0.1) is 11.6 Å². The lowest BCUT2D eigenvalue weighted by atomic mass is 9.44. The largest absolute Gasteiger partial charge is 0.119 e. The first kappa shape index (κ1) is 21.5. The summed E-state index contributed by atoms with van der Waals surface area (Å²) in [6.07, 6.45) is 18.5. The zero-order chi connectivity index (χ0) is 20.2. The minimum absolute atomic E-state index is 0.127. The van der Waals surface area contributed by atoms with Crippen LogP contribution >= 0.6 is 11.6 Å². The second kappa shape index (κ2) is 7.76. The molecule has 0 nitrogen and oxygen atoms in total. The van der Waals surface area contributed by atoms with Crippen LogP contribution in [0.4, 0.5) is 0 Å². The Morgan fingerprint density at radius 1 is 0.821 bits per heavy atom. The van der Waals surface area contributed by atoms with E-state index in [1.54, 1.807) is 0 Å². The van der Waals surface area contributed by atoms with Crippen LogP contribution < -0.4 is 0 Å². The number of alkyl halides is 1. The van der Waals surface area contributed by atoms with E-state index in [0.29, 0.717) is 10.8 Å². The maximum atomic E-state index is 7.38. The second-order valence-electron chi connectivity index (χ2n) is 12.5. The monoisotopic (exact) mass is 406 g/mol. The van der Waals surface area contributed by atoms with Gasteiger partial charge in [-0.3, -0.25) is 0 Å². The van der Waals surface area contributed by atoms with Gasteiger partial charge in [-0.25, -0.2) is 0 Å². The Balaban J connectivity index is 1.49. The van der Waals surface area contributed by atoms with Gasteiger partial charge in [-0.05, 0) is 97.7 Å². The first-order chi connectivity index (χ1) is 13.2. The topological polar surface area (TPSA) is 0 Å². The van der Waals surface area contributed by atoms with Gasteiger partial charge in [0.1, 0.15) is 0 Å². The molecular weight excluding hydrogens is 360 g/mol. The highest BCUT2D eigenvalue weighted by atomic mass is 35.5. The number of halogens is 1. The number of hydrogen-bond donors (Lipinski definition) is 0. The molecule has 0 heterocycles. The standard InChI is InChI=1S/C27H47Cl/c1-19(2)9-8-10-20(3)22-11-12-23-21-13-18-27(28)16-7-6-15-26(27,5)24(21)14-17-25(22,23)4/h19-24H,6-18H2,1-5H3/t20-,21+,22-,23+,24+,25-,26-,27?/m1/s1. The molecule has 4 rings (SSSR count). The molecule has 4 aliphatic rings. The highest BCUT2D eigenvalue weighted by Crippen LogP contribution is 2.70. The Morgan fingerprint density at radius 3 is 2.32 bits per heavy atom. The third-order valence-corrected chi connectivity index (χ3v) is 11.7. The summed E-state index contributed by atoms with van der Waals surface area (Å²) in [5, 5.41) is 0. The fourth-order valence-electron chi connectivity index (χ4n) is 9.24.